The molecule has 0 aliphatic rings. The number of pyridine rings is 2. The second-order valence-corrected chi connectivity index (χ2v) is 3.48. The van der Waals surface area contributed by atoms with E-state index in [0.29, 0.717) is 0 Å². The summed E-state index contributed by atoms with van der Waals surface area (Å²) >= 11 is 0. The molecule has 0 atom stereocenters. The van der Waals surface area contributed by atoms with Gasteiger partial charge in [0.15, 0.2) is 0 Å². The van der Waals surface area contributed by atoms with E-state index in [2.05, 4.69) is 23.0 Å². The smallest absolute Gasteiger partial charge is 0.0965 e. The van der Waals surface area contributed by atoms with Crippen molar-refractivity contribution < 1.29 is 0 Å². The van der Waals surface area contributed by atoms with Crippen LogP contribution in [0.25, 0.3) is 21.8 Å². The lowest BCUT2D eigenvalue weighted by molar-refractivity contribution is 1.33. The Labute approximate surface area is 87.6 Å². The normalized spacial score (nSPS) is 11.0. The molecule has 0 spiro atoms. The lowest BCUT2D eigenvalue weighted by Gasteiger charge is -2.04. The molecule has 1 aromatic carbocycles. The molecule has 0 aliphatic carbocycles. The van der Waals surface area contributed by atoms with E-state index in [1.54, 1.807) is 6.20 Å². The van der Waals surface area contributed by atoms with Gasteiger partial charge < -0.3 is 0 Å². The zero-order valence-electron chi connectivity index (χ0n) is 8.14. The van der Waals surface area contributed by atoms with Gasteiger partial charge in [0.2, 0.25) is 0 Å². The maximum atomic E-state index is 4.43. The van der Waals surface area contributed by atoms with Crippen molar-refractivity contribution in [1.29, 1.82) is 0 Å². The summed E-state index contributed by atoms with van der Waals surface area (Å²) in [5.41, 5.74) is 2.66. The average Bonchev–Trinajstić information content (AvgIpc) is 2.30. The van der Waals surface area contributed by atoms with Crippen LogP contribution in [0.3, 0.4) is 0 Å². The van der Waals surface area contributed by atoms with Gasteiger partial charge in [0, 0.05) is 22.7 Å². The van der Waals surface area contributed by atoms with E-state index in [9.17, 15) is 0 Å². The number of hydrogen-bond donors (Lipinski definition) is 0. The second kappa shape index (κ2) is 3.02. The molecule has 0 aliphatic heterocycles. The molecule has 15 heavy (non-hydrogen) atoms. The highest BCUT2D eigenvalue weighted by Crippen LogP contribution is 2.23. The minimum Gasteiger partial charge on any atom is -0.254 e. The minimum absolute atomic E-state index is 0.811. The zero-order valence-corrected chi connectivity index (χ0v) is 8.14. The molecule has 0 amide bonds. The molecule has 3 aromatic rings. The molecule has 2 heterocycles. The molecule has 0 saturated carbocycles. The fourth-order valence-corrected chi connectivity index (χ4v) is 1.84. The van der Waals surface area contributed by atoms with Crippen LogP contribution >= 0.6 is 0 Å². The van der Waals surface area contributed by atoms with Crippen LogP contribution in [0.5, 0.6) is 0 Å². The Morgan fingerprint density at radius 1 is 0.933 bits per heavy atom. The predicted octanol–water partition coefficient (Wildman–Crippen LogP) is 2.97. The number of hydrogen-bond acceptors (Lipinski definition) is 2. The molecule has 0 bridgehead atoms. The predicted molar refractivity (Wildman–Crippen MR) is 61.5 cm³/mol. The monoisotopic (exact) mass is 193 g/mol. The summed E-state index contributed by atoms with van der Waals surface area (Å²) in [4.78, 5) is 8.79. The number of rotatable bonds is 0. The van der Waals surface area contributed by atoms with Crippen LogP contribution < -0.4 is 0 Å². The van der Waals surface area contributed by atoms with Crippen molar-refractivity contribution in [3.05, 3.63) is 55.2 Å². The van der Waals surface area contributed by atoms with Crippen molar-refractivity contribution in [2.75, 3.05) is 0 Å². The average molecular weight is 193 g/mol. The van der Waals surface area contributed by atoms with E-state index in [1.807, 2.05) is 30.3 Å². The third-order valence-corrected chi connectivity index (χ3v) is 2.53. The number of aromatic nitrogens is 2. The molecule has 3 rings (SSSR count). The van der Waals surface area contributed by atoms with Crippen molar-refractivity contribution in [2.45, 2.75) is 0 Å². The zero-order chi connectivity index (χ0) is 10.3. The summed E-state index contributed by atoms with van der Waals surface area (Å²) in [6, 6.07) is 11.9. The van der Waals surface area contributed by atoms with E-state index < -0.39 is 0 Å². The van der Waals surface area contributed by atoms with E-state index in [1.165, 1.54) is 0 Å². The van der Waals surface area contributed by atoms with Crippen LogP contribution in [0.15, 0.2) is 42.6 Å². The summed E-state index contributed by atoms with van der Waals surface area (Å²) in [5.74, 6) is 0. The molecule has 2 nitrogen and oxygen atoms in total. The molecule has 2 heteroatoms. The first-order valence-corrected chi connectivity index (χ1v) is 4.82. The standard InChI is InChI=1S/C13H9N2/c1-9-10-5-2-3-6-11(10)13-12(15-9)7-4-8-14-13/h2-8H,1H2. The Morgan fingerprint density at radius 2 is 1.73 bits per heavy atom. The molecular weight excluding hydrogens is 184 g/mol. The highest BCUT2D eigenvalue weighted by atomic mass is 14.8. The van der Waals surface area contributed by atoms with Gasteiger partial charge in [0.1, 0.15) is 0 Å². The molecule has 0 saturated heterocycles. The SMILES string of the molecule is [CH2]c1nc2cccnc2c2ccccc12. The third kappa shape index (κ3) is 1.18. The summed E-state index contributed by atoms with van der Waals surface area (Å²) in [5, 5.41) is 2.19. The summed E-state index contributed by atoms with van der Waals surface area (Å²) in [7, 11) is 0. The van der Waals surface area contributed by atoms with Crippen molar-refractivity contribution >= 4 is 21.8 Å². The van der Waals surface area contributed by atoms with Crippen LogP contribution in [0, 0.1) is 6.92 Å². The van der Waals surface area contributed by atoms with Gasteiger partial charge in [-0.3, -0.25) is 9.97 Å². The molecule has 1 radical (unpaired) electrons. The van der Waals surface area contributed by atoms with Crippen LogP contribution in [0.4, 0.5) is 0 Å². The molecule has 0 unspecified atom stereocenters. The van der Waals surface area contributed by atoms with E-state index >= 15 is 0 Å². The number of nitrogens with zero attached hydrogens (tertiary/aromatic N) is 2. The second-order valence-electron chi connectivity index (χ2n) is 3.48. The fraction of sp³-hybridized carbons (Fsp3) is 0. The molecule has 71 valence electrons. The van der Waals surface area contributed by atoms with Gasteiger partial charge in [0.25, 0.3) is 0 Å². The maximum absolute atomic E-state index is 4.43. The van der Waals surface area contributed by atoms with E-state index in [4.69, 9.17) is 0 Å². The fourth-order valence-electron chi connectivity index (χ4n) is 1.84. The quantitative estimate of drug-likeness (QED) is 0.513. The first kappa shape index (κ1) is 8.36. The largest absolute Gasteiger partial charge is 0.254 e. The summed E-state index contributed by atoms with van der Waals surface area (Å²) in [6.45, 7) is 3.96. The Bertz CT molecular complexity index is 644. The van der Waals surface area contributed by atoms with Gasteiger partial charge in [-0.1, -0.05) is 24.3 Å². The van der Waals surface area contributed by atoms with Gasteiger partial charge in [0.05, 0.1) is 11.0 Å². The lowest BCUT2D eigenvalue weighted by atomic mass is 10.1. The highest BCUT2D eigenvalue weighted by Gasteiger charge is 2.04. The lowest BCUT2D eigenvalue weighted by Crippen LogP contribution is -1.89. The third-order valence-electron chi connectivity index (χ3n) is 2.53. The van der Waals surface area contributed by atoms with Crippen molar-refractivity contribution in [2.24, 2.45) is 0 Å². The maximum Gasteiger partial charge on any atom is 0.0965 e. The van der Waals surface area contributed by atoms with Gasteiger partial charge in [-0.05, 0) is 19.1 Å². The van der Waals surface area contributed by atoms with Crippen LogP contribution in [0.2, 0.25) is 0 Å². The Kier molecular flexibility index (Phi) is 1.68. The first-order valence-electron chi connectivity index (χ1n) is 4.82. The van der Waals surface area contributed by atoms with E-state index in [0.717, 1.165) is 27.5 Å². The molecule has 0 fully saturated rings. The van der Waals surface area contributed by atoms with Gasteiger partial charge in [-0.2, -0.15) is 0 Å². The Hall–Kier alpha value is -1.96. The van der Waals surface area contributed by atoms with Gasteiger partial charge in [-0.25, -0.2) is 0 Å². The molecule has 2 aromatic heterocycles. The summed E-state index contributed by atoms with van der Waals surface area (Å²) in [6.07, 6.45) is 1.79. The first-order chi connectivity index (χ1) is 7.36. The number of fused-ring (bicyclic) bond motifs is 3. The van der Waals surface area contributed by atoms with Crippen molar-refractivity contribution in [3.8, 4) is 0 Å². The van der Waals surface area contributed by atoms with Crippen molar-refractivity contribution in [3.63, 3.8) is 0 Å². The molecule has 0 N–H and O–H groups in total. The Morgan fingerprint density at radius 3 is 2.60 bits per heavy atom. The van der Waals surface area contributed by atoms with Crippen molar-refractivity contribution in [1.82, 2.24) is 9.97 Å². The summed E-state index contributed by atoms with van der Waals surface area (Å²) < 4.78 is 0. The minimum atomic E-state index is 0.811. The van der Waals surface area contributed by atoms with E-state index in [-0.39, 0.29) is 0 Å². The van der Waals surface area contributed by atoms with Gasteiger partial charge in [-0.15, -0.1) is 0 Å². The molecular formula is C13H9N2. The van der Waals surface area contributed by atoms with Gasteiger partial charge >= 0.3 is 0 Å². The Balaban J connectivity index is 2.64. The van der Waals surface area contributed by atoms with Crippen LogP contribution in [0.1, 0.15) is 5.69 Å². The highest BCUT2D eigenvalue weighted by molar-refractivity contribution is 6.04. The van der Waals surface area contributed by atoms with Crippen LogP contribution in [-0.4, -0.2) is 9.97 Å². The van der Waals surface area contributed by atoms with Crippen LogP contribution in [-0.2, 0) is 0 Å². The number of benzene rings is 1. The topological polar surface area (TPSA) is 25.8 Å².